The van der Waals surface area contributed by atoms with Gasteiger partial charge in [-0.25, -0.2) is 9.78 Å². The molecule has 1 aliphatic rings. The molecule has 108 valence electrons. The first-order chi connectivity index (χ1) is 9.54. The number of nitrogens with one attached hydrogen (secondary N) is 2. The van der Waals surface area contributed by atoms with Crippen molar-refractivity contribution in [3.63, 3.8) is 0 Å². The Bertz CT molecular complexity index is 509. The molecule has 2 amide bonds. The van der Waals surface area contributed by atoms with Gasteiger partial charge in [-0.3, -0.25) is 4.79 Å². The van der Waals surface area contributed by atoms with Gasteiger partial charge < -0.3 is 15.7 Å². The van der Waals surface area contributed by atoms with Gasteiger partial charge in [0.15, 0.2) is 0 Å². The van der Waals surface area contributed by atoms with Gasteiger partial charge in [0.05, 0.1) is 0 Å². The van der Waals surface area contributed by atoms with Crippen molar-refractivity contribution in [1.29, 1.82) is 0 Å². The summed E-state index contributed by atoms with van der Waals surface area (Å²) in [5.74, 6) is 0.214. The van der Waals surface area contributed by atoms with E-state index in [2.05, 4.69) is 31.5 Å². The first-order valence-electron chi connectivity index (χ1n) is 6.46. The van der Waals surface area contributed by atoms with Crippen LogP contribution in [0.25, 0.3) is 0 Å². The van der Waals surface area contributed by atoms with E-state index in [0.29, 0.717) is 12.2 Å². The maximum atomic E-state index is 12.2. The summed E-state index contributed by atoms with van der Waals surface area (Å²) in [7, 11) is 0. The quantitative estimate of drug-likeness (QED) is 0.787. The molecule has 0 bridgehead atoms. The smallest absolute Gasteiger partial charge is 0.404 e. The zero-order valence-corrected chi connectivity index (χ0v) is 12.4. The SMILES string of the molecule is O=C(O)N[C@@H]1CCC[C@H](C(=O)Nc2cc(Br)ccn2)C1. The number of hydrogen-bond donors (Lipinski definition) is 3. The molecule has 0 unspecified atom stereocenters. The molecule has 2 rings (SSSR count). The van der Waals surface area contributed by atoms with Crippen LogP contribution >= 0.6 is 15.9 Å². The van der Waals surface area contributed by atoms with Gasteiger partial charge in [0, 0.05) is 22.6 Å². The maximum Gasteiger partial charge on any atom is 0.404 e. The highest BCUT2D eigenvalue weighted by Crippen LogP contribution is 2.25. The third-order valence-electron chi connectivity index (χ3n) is 3.35. The van der Waals surface area contributed by atoms with Crippen molar-refractivity contribution < 1.29 is 14.7 Å². The summed E-state index contributed by atoms with van der Waals surface area (Å²) in [5.41, 5.74) is 0. The molecule has 0 radical (unpaired) electrons. The molecule has 2 atom stereocenters. The molecule has 0 aromatic carbocycles. The molecule has 6 nitrogen and oxygen atoms in total. The second-order valence-electron chi connectivity index (χ2n) is 4.86. The summed E-state index contributed by atoms with van der Waals surface area (Å²) >= 11 is 3.32. The number of pyridine rings is 1. The Morgan fingerprint density at radius 2 is 2.20 bits per heavy atom. The standard InChI is InChI=1S/C13H16BrN3O3/c14-9-4-5-15-11(7-9)17-12(18)8-2-1-3-10(6-8)16-13(19)20/h4-5,7-8,10,16H,1-3,6H2,(H,19,20)(H,15,17,18)/t8-,10+/m0/s1. The van der Waals surface area contributed by atoms with Crippen molar-refractivity contribution in [2.75, 3.05) is 5.32 Å². The lowest BCUT2D eigenvalue weighted by molar-refractivity contribution is -0.121. The average Bonchev–Trinajstić information content (AvgIpc) is 2.38. The molecule has 0 aliphatic heterocycles. The molecule has 1 aromatic rings. The van der Waals surface area contributed by atoms with Crippen LogP contribution in [-0.2, 0) is 4.79 Å². The Morgan fingerprint density at radius 1 is 1.40 bits per heavy atom. The summed E-state index contributed by atoms with van der Waals surface area (Å²) in [6.07, 6.45) is 3.50. The second kappa shape index (κ2) is 6.69. The van der Waals surface area contributed by atoms with Gasteiger partial charge in [0.25, 0.3) is 0 Å². The minimum absolute atomic E-state index is 0.104. The third-order valence-corrected chi connectivity index (χ3v) is 3.84. The molecule has 1 saturated carbocycles. The number of aromatic nitrogens is 1. The fraction of sp³-hybridized carbons (Fsp3) is 0.462. The van der Waals surface area contributed by atoms with Gasteiger partial charge in [-0.2, -0.15) is 0 Å². The zero-order chi connectivity index (χ0) is 14.5. The molecule has 1 aliphatic carbocycles. The van der Waals surface area contributed by atoms with E-state index >= 15 is 0 Å². The van der Waals surface area contributed by atoms with E-state index in [1.165, 1.54) is 0 Å². The number of carbonyl (C=O) groups is 2. The Morgan fingerprint density at radius 3 is 2.90 bits per heavy atom. The van der Waals surface area contributed by atoms with Crippen LogP contribution < -0.4 is 10.6 Å². The fourth-order valence-corrected chi connectivity index (χ4v) is 2.77. The van der Waals surface area contributed by atoms with E-state index in [4.69, 9.17) is 5.11 Å². The topological polar surface area (TPSA) is 91.3 Å². The van der Waals surface area contributed by atoms with Gasteiger partial charge in [-0.1, -0.05) is 22.4 Å². The number of nitrogens with zero attached hydrogens (tertiary/aromatic N) is 1. The highest BCUT2D eigenvalue weighted by molar-refractivity contribution is 9.10. The van der Waals surface area contributed by atoms with Crippen LogP contribution in [0, 0.1) is 5.92 Å². The van der Waals surface area contributed by atoms with Crippen LogP contribution in [-0.4, -0.2) is 28.1 Å². The summed E-state index contributed by atoms with van der Waals surface area (Å²) in [5, 5.41) is 14.0. The predicted octanol–water partition coefficient (Wildman–Crippen LogP) is 2.61. The largest absolute Gasteiger partial charge is 0.465 e. The Kier molecular flexibility index (Phi) is 4.94. The van der Waals surface area contributed by atoms with Gasteiger partial charge in [0.2, 0.25) is 5.91 Å². The minimum Gasteiger partial charge on any atom is -0.465 e. The number of amides is 2. The van der Waals surface area contributed by atoms with E-state index in [1.807, 2.05) is 0 Å². The molecule has 1 heterocycles. The van der Waals surface area contributed by atoms with Crippen molar-refractivity contribution >= 4 is 33.7 Å². The Labute approximate surface area is 125 Å². The van der Waals surface area contributed by atoms with Gasteiger partial charge >= 0.3 is 6.09 Å². The summed E-state index contributed by atoms with van der Waals surface area (Å²) in [6, 6.07) is 3.36. The number of anilines is 1. The monoisotopic (exact) mass is 341 g/mol. The first-order valence-corrected chi connectivity index (χ1v) is 7.26. The Balaban J connectivity index is 1.93. The maximum absolute atomic E-state index is 12.2. The molecule has 1 aromatic heterocycles. The lowest BCUT2D eigenvalue weighted by Gasteiger charge is -2.28. The van der Waals surface area contributed by atoms with Crippen LogP contribution in [0.3, 0.4) is 0 Å². The van der Waals surface area contributed by atoms with Crippen molar-refractivity contribution in [1.82, 2.24) is 10.3 Å². The molecule has 3 N–H and O–H groups in total. The number of rotatable bonds is 3. The van der Waals surface area contributed by atoms with Gasteiger partial charge in [-0.15, -0.1) is 0 Å². The molecule has 0 saturated heterocycles. The highest BCUT2D eigenvalue weighted by Gasteiger charge is 2.28. The number of hydrogen-bond acceptors (Lipinski definition) is 3. The van der Waals surface area contributed by atoms with Crippen LogP contribution in [0.2, 0.25) is 0 Å². The zero-order valence-electron chi connectivity index (χ0n) is 10.8. The van der Waals surface area contributed by atoms with Crippen LogP contribution in [0.15, 0.2) is 22.8 Å². The van der Waals surface area contributed by atoms with Crippen molar-refractivity contribution in [3.05, 3.63) is 22.8 Å². The van der Waals surface area contributed by atoms with Crippen LogP contribution in [0.5, 0.6) is 0 Å². The van der Waals surface area contributed by atoms with Crippen LogP contribution in [0.1, 0.15) is 25.7 Å². The van der Waals surface area contributed by atoms with Gasteiger partial charge in [-0.05, 0) is 31.4 Å². The minimum atomic E-state index is -1.04. The third kappa shape index (κ3) is 4.19. The van der Waals surface area contributed by atoms with E-state index in [0.717, 1.165) is 23.7 Å². The molecule has 0 spiro atoms. The fourth-order valence-electron chi connectivity index (χ4n) is 2.44. The Hall–Kier alpha value is -1.63. The normalized spacial score (nSPS) is 22.1. The van der Waals surface area contributed by atoms with E-state index in [1.54, 1.807) is 18.3 Å². The van der Waals surface area contributed by atoms with E-state index in [9.17, 15) is 9.59 Å². The van der Waals surface area contributed by atoms with Crippen LogP contribution in [0.4, 0.5) is 10.6 Å². The van der Waals surface area contributed by atoms with Gasteiger partial charge in [0.1, 0.15) is 5.82 Å². The molecule has 7 heteroatoms. The van der Waals surface area contributed by atoms with E-state index < -0.39 is 6.09 Å². The average molecular weight is 342 g/mol. The number of carbonyl (C=O) groups excluding carboxylic acids is 1. The molecule has 1 fully saturated rings. The molecular weight excluding hydrogens is 326 g/mol. The highest BCUT2D eigenvalue weighted by atomic mass is 79.9. The summed E-state index contributed by atoms with van der Waals surface area (Å²) < 4.78 is 0.844. The van der Waals surface area contributed by atoms with Crippen molar-refractivity contribution in [2.24, 2.45) is 5.92 Å². The summed E-state index contributed by atoms with van der Waals surface area (Å²) in [6.45, 7) is 0. The van der Waals surface area contributed by atoms with Crippen molar-refractivity contribution in [3.8, 4) is 0 Å². The molecule has 20 heavy (non-hydrogen) atoms. The summed E-state index contributed by atoms with van der Waals surface area (Å²) in [4.78, 5) is 26.9. The van der Waals surface area contributed by atoms with Crippen molar-refractivity contribution in [2.45, 2.75) is 31.7 Å². The van der Waals surface area contributed by atoms with E-state index in [-0.39, 0.29) is 17.9 Å². The first kappa shape index (κ1) is 14.8. The lowest BCUT2D eigenvalue weighted by Crippen LogP contribution is -2.40. The lowest BCUT2D eigenvalue weighted by atomic mass is 9.85. The second-order valence-corrected chi connectivity index (χ2v) is 5.77. The number of carboxylic acid groups (broad SMARTS) is 1. The predicted molar refractivity (Wildman–Crippen MR) is 77.5 cm³/mol. The molecular formula is C13H16BrN3O3. The number of halogens is 1.